The summed E-state index contributed by atoms with van der Waals surface area (Å²) in [6.07, 6.45) is 1.63. The normalized spacial score (nSPS) is 14.5. The van der Waals surface area contributed by atoms with Crippen molar-refractivity contribution in [2.45, 2.75) is 32.8 Å². The Labute approximate surface area is 119 Å². The summed E-state index contributed by atoms with van der Waals surface area (Å²) in [6.45, 7) is 4.82. The average Bonchev–Trinajstić information content (AvgIpc) is 2.44. The van der Waals surface area contributed by atoms with Gasteiger partial charge in [-0.15, -0.1) is 0 Å². The van der Waals surface area contributed by atoms with Gasteiger partial charge in [-0.2, -0.15) is 0 Å². The third-order valence-electron chi connectivity index (χ3n) is 2.99. The van der Waals surface area contributed by atoms with Crippen LogP contribution in [0.4, 0.5) is 0 Å². The minimum atomic E-state index is -1.85. The molecule has 0 aromatic heterocycles. The van der Waals surface area contributed by atoms with Gasteiger partial charge in [-0.05, 0) is 25.5 Å². The van der Waals surface area contributed by atoms with Gasteiger partial charge in [0.2, 0.25) is 0 Å². The SMILES string of the molecule is CCOC(=O)/C(=C\c1ccccc1)C(C)(O)C(=O)CC. The summed E-state index contributed by atoms with van der Waals surface area (Å²) in [5, 5.41) is 10.4. The molecule has 4 nitrogen and oxygen atoms in total. The van der Waals surface area contributed by atoms with Crippen LogP contribution in [0.5, 0.6) is 0 Å². The molecule has 0 heterocycles. The van der Waals surface area contributed by atoms with Gasteiger partial charge in [-0.3, -0.25) is 4.79 Å². The lowest BCUT2D eigenvalue weighted by Crippen LogP contribution is -2.40. The fourth-order valence-electron chi connectivity index (χ4n) is 1.82. The predicted molar refractivity (Wildman–Crippen MR) is 77.0 cm³/mol. The molecule has 0 fully saturated rings. The van der Waals surface area contributed by atoms with Crippen molar-refractivity contribution in [3.8, 4) is 0 Å². The minimum Gasteiger partial charge on any atom is -0.463 e. The highest BCUT2D eigenvalue weighted by molar-refractivity contribution is 6.05. The summed E-state index contributed by atoms with van der Waals surface area (Å²) in [7, 11) is 0. The maximum Gasteiger partial charge on any atom is 0.337 e. The van der Waals surface area contributed by atoms with Gasteiger partial charge < -0.3 is 9.84 Å². The standard InChI is InChI=1S/C16H20O4/c1-4-14(17)16(3,19)13(15(18)20-5-2)11-12-9-7-6-8-10-12/h6-11,19H,4-5H2,1-3H3/b13-11+. The van der Waals surface area contributed by atoms with Crippen molar-refractivity contribution in [2.24, 2.45) is 0 Å². The number of benzene rings is 1. The Morgan fingerprint density at radius 2 is 1.85 bits per heavy atom. The molecule has 1 rings (SSSR count). The van der Waals surface area contributed by atoms with Crippen LogP contribution in [0.3, 0.4) is 0 Å². The van der Waals surface area contributed by atoms with Crippen LogP contribution in [0.2, 0.25) is 0 Å². The average molecular weight is 276 g/mol. The van der Waals surface area contributed by atoms with Crippen molar-refractivity contribution in [1.29, 1.82) is 0 Å². The number of carbonyl (C=O) groups is 2. The molecule has 0 saturated heterocycles. The largest absolute Gasteiger partial charge is 0.463 e. The van der Waals surface area contributed by atoms with Crippen LogP contribution in [-0.2, 0) is 14.3 Å². The molecule has 108 valence electrons. The van der Waals surface area contributed by atoms with Crippen molar-refractivity contribution in [1.82, 2.24) is 0 Å². The van der Waals surface area contributed by atoms with E-state index in [4.69, 9.17) is 4.74 Å². The molecule has 1 aromatic rings. The number of ketones is 1. The molecule has 0 aliphatic heterocycles. The molecular formula is C16H20O4. The fourth-order valence-corrected chi connectivity index (χ4v) is 1.82. The summed E-state index contributed by atoms with van der Waals surface area (Å²) in [5.41, 5.74) is -1.17. The molecule has 0 spiro atoms. The first kappa shape index (κ1) is 16.1. The smallest absolute Gasteiger partial charge is 0.337 e. The molecule has 1 unspecified atom stereocenters. The molecule has 0 aliphatic rings. The first-order valence-corrected chi connectivity index (χ1v) is 6.63. The highest BCUT2D eigenvalue weighted by Gasteiger charge is 2.37. The van der Waals surface area contributed by atoms with Gasteiger partial charge in [0.25, 0.3) is 0 Å². The minimum absolute atomic E-state index is 0.0441. The second-order valence-corrected chi connectivity index (χ2v) is 4.54. The lowest BCUT2D eigenvalue weighted by molar-refractivity contribution is -0.145. The predicted octanol–water partition coefficient (Wildman–Crippen LogP) is 2.36. The highest BCUT2D eigenvalue weighted by atomic mass is 16.5. The zero-order valence-electron chi connectivity index (χ0n) is 12.1. The molecule has 0 aliphatic carbocycles. The second kappa shape index (κ2) is 7.01. The van der Waals surface area contributed by atoms with Gasteiger partial charge in [0.1, 0.15) is 0 Å². The maximum absolute atomic E-state index is 12.0. The van der Waals surface area contributed by atoms with Crippen molar-refractivity contribution in [3.63, 3.8) is 0 Å². The Morgan fingerprint density at radius 1 is 1.25 bits per heavy atom. The molecule has 0 amide bonds. The Morgan fingerprint density at radius 3 is 2.35 bits per heavy atom. The first-order valence-electron chi connectivity index (χ1n) is 6.63. The number of hydrogen-bond acceptors (Lipinski definition) is 4. The number of rotatable bonds is 6. The van der Waals surface area contributed by atoms with Crippen LogP contribution in [0.15, 0.2) is 35.9 Å². The van der Waals surface area contributed by atoms with Gasteiger partial charge in [-0.25, -0.2) is 4.79 Å². The zero-order chi connectivity index (χ0) is 15.2. The van der Waals surface area contributed by atoms with Crippen LogP contribution in [-0.4, -0.2) is 29.1 Å². The highest BCUT2D eigenvalue weighted by Crippen LogP contribution is 2.23. The summed E-state index contributed by atoms with van der Waals surface area (Å²) < 4.78 is 4.94. The zero-order valence-corrected chi connectivity index (χ0v) is 12.1. The van der Waals surface area contributed by atoms with Crippen LogP contribution in [0.1, 0.15) is 32.8 Å². The van der Waals surface area contributed by atoms with Gasteiger partial charge in [0.05, 0.1) is 12.2 Å². The van der Waals surface area contributed by atoms with E-state index in [9.17, 15) is 14.7 Å². The lowest BCUT2D eigenvalue weighted by Gasteiger charge is -2.23. The number of Topliss-reactive ketones (excluding diaryl/α,β-unsaturated/α-hetero) is 1. The van der Waals surface area contributed by atoms with Gasteiger partial charge >= 0.3 is 5.97 Å². The van der Waals surface area contributed by atoms with E-state index in [1.165, 1.54) is 13.0 Å². The number of carbonyl (C=O) groups excluding carboxylic acids is 2. The molecule has 4 heteroatoms. The Kier molecular flexibility index (Phi) is 5.65. The van der Waals surface area contributed by atoms with Gasteiger partial charge in [-0.1, -0.05) is 37.3 Å². The van der Waals surface area contributed by atoms with Crippen molar-refractivity contribution in [2.75, 3.05) is 6.61 Å². The van der Waals surface area contributed by atoms with E-state index in [1.807, 2.05) is 18.2 Å². The van der Waals surface area contributed by atoms with Gasteiger partial charge in [0.15, 0.2) is 11.4 Å². The molecule has 0 bridgehead atoms. The fraction of sp³-hybridized carbons (Fsp3) is 0.375. The molecule has 1 N–H and O–H groups in total. The molecule has 0 saturated carbocycles. The van der Waals surface area contributed by atoms with Crippen molar-refractivity contribution >= 4 is 17.8 Å². The summed E-state index contributed by atoms with van der Waals surface area (Å²) >= 11 is 0. The summed E-state index contributed by atoms with van der Waals surface area (Å²) in [6, 6.07) is 9.03. The molecule has 20 heavy (non-hydrogen) atoms. The van der Waals surface area contributed by atoms with Gasteiger partial charge in [0, 0.05) is 6.42 Å². The van der Waals surface area contributed by atoms with Crippen LogP contribution >= 0.6 is 0 Å². The monoisotopic (exact) mass is 276 g/mol. The number of aliphatic hydroxyl groups is 1. The Bertz CT molecular complexity index is 500. The third kappa shape index (κ3) is 3.78. The Hall–Kier alpha value is -1.94. The molecule has 0 radical (unpaired) electrons. The van der Waals surface area contributed by atoms with E-state index in [2.05, 4.69) is 0 Å². The second-order valence-electron chi connectivity index (χ2n) is 4.54. The van der Waals surface area contributed by atoms with Crippen molar-refractivity contribution < 1.29 is 19.4 Å². The quantitative estimate of drug-likeness (QED) is 0.640. The van der Waals surface area contributed by atoms with Crippen LogP contribution < -0.4 is 0 Å². The van der Waals surface area contributed by atoms with E-state index in [0.29, 0.717) is 0 Å². The van der Waals surface area contributed by atoms with Crippen molar-refractivity contribution in [3.05, 3.63) is 41.5 Å². The van der Waals surface area contributed by atoms with Crippen LogP contribution in [0, 0.1) is 0 Å². The number of hydrogen-bond donors (Lipinski definition) is 1. The first-order chi connectivity index (χ1) is 9.43. The maximum atomic E-state index is 12.0. The Balaban J connectivity index is 3.25. The van der Waals surface area contributed by atoms with E-state index in [-0.39, 0.29) is 18.6 Å². The third-order valence-corrected chi connectivity index (χ3v) is 2.99. The number of ether oxygens (including phenoxy) is 1. The summed E-state index contributed by atoms with van der Waals surface area (Å²) in [5.74, 6) is -1.10. The summed E-state index contributed by atoms with van der Waals surface area (Å²) in [4.78, 5) is 23.9. The van der Waals surface area contributed by atoms with E-state index in [0.717, 1.165) is 5.56 Å². The topological polar surface area (TPSA) is 63.6 Å². The lowest BCUT2D eigenvalue weighted by atomic mass is 9.88. The van der Waals surface area contributed by atoms with E-state index >= 15 is 0 Å². The van der Waals surface area contributed by atoms with Crippen LogP contribution in [0.25, 0.3) is 6.08 Å². The van der Waals surface area contributed by atoms with E-state index < -0.39 is 17.4 Å². The molecule has 1 aromatic carbocycles. The van der Waals surface area contributed by atoms with E-state index in [1.54, 1.807) is 26.0 Å². The number of esters is 1. The molecule has 1 atom stereocenters. The molecular weight excluding hydrogens is 256 g/mol.